The van der Waals surface area contributed by atoms with E-state index in [9.17, 15) is 0 Å². The molecule has 6 heteroatoms. The summed E-state index contributed by atoms with van der Waals surface area (Å²) in [6, 6.07) is 0. The van der Waals surface area contributed by atoms with Gasteiger partial charge >= 0.3 is 0 Å². The fourth-order valence-corrected chi connectivity index (χ4v) is 2.84. The first-order valence-electron chi connectivity index (χ1n) is 7.53. The average Bonchev–Trinajstić information content (AvgIpc) is 2.79. The quantitative estimate of drug-likeness (QED) is 0.417. The topological polar surface area (TPSA) is 58.5 Å². The maximum atomic E-state index is 5.03. The van der Waals surface area contributed by atoms with Crippen molar-refractivity contribution in [3.8, 4) is 0 Å². The molecule has 0 saturated heterocycles. The van der Waals surface area contributed by atoms with Gasteiger partial charge < -0.3 is 15.4 Å². The predicted octanol–water partition coefficient (Wildman–Crippen LogP) is 2.28. The minimum atomic E-state index is 0.847. The number of guanidine groups is 1. The van der Waals surface area contributed by atoms with Crippen molar-refractivity contribution in [2.45, 2.75) is 39.5 Å². The fourth-order valence-electron chi connectivity index (χ4n) is 1.91. The number of methoxy groups -OCH3 is 1. The molecule has 1 heterocycles. The molecule has 0 aliphatic heterocycles. The summed E-state index contributed by atoms with van der Waals surface area (Å²) in [5.74, 6) is 0.867. The van der Waals surface area contributed by atoms with E-state index in [1.165, 1.54) is 16.3 Å². The molecule has 0 fully saturated rings. The predicted molar refractivity (Wildman–Crippen MR) is 90.4 cm³/mol. The highest BCUT2D eigenvalue weighted by Gasteiger charge is 2.03. The molecule has 0 saturated carbocycles. The van der Waals surface area contributed by atoms with Crippen molar-refractivity contribution in [3.05, 3.63) is 15.6 Å². The molecule has 2 N–H and O–H groups in total. The molecule has 0 aliphatic rings. The van der Waals surface area contributed by atoms with Gasteiger partial charge in [0.2, 0.25) is 0 Å². The van der Waals surface area contributed by atoms with Crippen LogP contribution in [0.3, 0.4) is 0 Å². The second-order valence-electron chi connectivity index (χ2n) is 4.98. The van der Waals surface area contributed by atoms with Crippen LogP contribution in [-0.4, -0.2) is 44.8 Å². The first kappa shape index (κ1) is 17.9. The van der Waals surface area contributed by atoms with E-state index < -0.39 is 0 Å². The Kier molecular flexibility index (Phi) is 9.01. The highest BCUT2D eigenvalue weighted by Crippen LogP contribution is 2.16. The Labute approximate surface area is 132 Å². The molecule has 0 amide bonds. The Morgan fingerprint density at radius 3 is 2.57 bits per heavy atom. The van der Waals surface area contributed by atoms with E-state index in [2.05, 4.69) is 34.5 Å². The summed E-state index contributed by atoms with van der Waals surface area (Å²) < 4.78 is 5.03. The van der Waals surface area contributed by atoms with Crippen LogP contribution in [0.5, 0.6) is 0 Å². The Morgan fingerprint density at radius 1 is 1.19 bits per heavy atom. The van der Waals surface area contributed by atoms with Gasteiger partial charge in [0, 0.05) is 45.2 Å². The van der Waals surface area contributed by atoms with Gasteiger partial charge in [0.05, 0.1) is 10.7 Å². The number of aliphatic imine (C=N–C) groups is 1. The van der Waals surface area contributed by atoms with Crippen LogP contribution in [0.4, 0.5) is 0 Å². The van der Waals surface area contributed by atoms with Gasteiger partial charge in [0.15, 0.2) is 5.96 Å². The first-order valence-corrected chi connectivity index (χ1v) is 8.35. The van der Waals surface area contributed by atoms with Crippen molar-refractivity contribution in [1.82, 2.24) is 15.6 Å². The van der Waals surface area contributed by atoms with Crippen molar-refractivity contribution in [1.29, 1.82) is 0 Å². The number of hydrogen-bond donors (Lipinski definition) is 2. The summed E-state index contributed by atoms with van der Waals surface area (Å²) in [5, 5.41) is 7.85. The van der Waals surface area contributed by atoms with Gasteiger partial charge in [-0.15, -0.1) is 11.3 Å². The lowest BCUT2D eigenvalue weighted by atomic mass is 10.2. The van der Waals surface area contributed by atoms with Crippen LogP contribution >= 0.6 is 11.3 Å². The zero-order chi connectivity index (χ0) is 15.5. The summed E-state index contributed by atoms with van der Waals surface area (Å²) in [4.78, 5) is 10.1. The molecular weight excluding hydrogens is 284 g/mol. The van der Waals surface area contributed by atoms with E-state index in [0.717, 1.165) is 50.6 Å². The van der Waals surface area contributed by atoms with Gasteiger partial charge in [-0.1, -0.05) is 0 Å². The van der Waals surface area contributed by atoms with Crippen LogP contribution in [-0.2, 0) is 11.2 Å². The molecule has 120 valence electrons. The lowest BCUT2D eigenvalue weighted by Gasteiger charge is -2.11. The largest absolute Gasteiger partial charge is 0.385 e. The molecule has 0 bridgehead atoms. The number of hydrogen-bond acceptors (Lipinski definition) is 4. The van der Waals surface area contributed by atoms with Crippen LogP contribution in [0, 0.1) is 13.8 Å². The third-order valence-corrected chi connectivity index (χ3v) is 4.38. The number of thiazole rings is 1. The number of nitrogens with one attached hydrogen (secondary N) is 2. The summed E-state index contributed by atoms with van der Waals surface area (Å²) >= 11 is 1.78. The second-order valence-corrected chi connectivity index (χ2v) is 6.27. The summed E-state index contributed by atoms with van der Waals surface area (Å²) in [7, 11) is 3.55. The Bertz CT molecular complexity index is 412. The van der Waals surface area contributed by atoms with E-state index in [-0.39, 0.29) is 0 Å². The Hall–Kier alpha value is -1.14. The zero-order valence-electron chi connectivity index (χ0n) is 13.7. The van der Waals surface area contributed by atoms with Crippen molar-refractivity contribution < 1.29 is 4.74 Å². The molecule has 0 spiro atoms. The third-order valence-electron chi connectivity index (χ3n) is 3.25. The van der Waals surface area contributed by atoms with Crippen molar-refractivity contribution >= 4 is 17.3 Å². The molecule has 0 unspecified atom stereocenters. The lowest BCUT2D eigenvalue weighted by molar-refractivity contribution is 0.192. The zero-order valence-corrected chi connectivity index (χ0v) is 14.5. The van der Waals surface area contributed by atoms with E-state index in [1.807, 2.05) is 0 Å². The average molecular weight is 312 g/mol. The lowest BCUT2D eigenvalue weighted by Crippen LogP contribution is -2.38. The molecular formula is C15H28N4OS. The van der Waals surface area contributed by atoms with E-state index in [4.69, 9.17) is 4.74 Å². The molecule has 0 radical (unpaired) electrons. The molecule has 1 aromatic rings. The minimum absolute atomic E-state index is 0.847. The number of aromatic nitrogens is 1. The molecule has 0 aromatic carbocycles. The fraction of sp³-hybridized carbons (Fsp3) is 0.733. The molecule has 0 aliphatic carbocycles. The number of ether oxygens (including phenoxy) is 1. The smallest absolute Gasteiger partial charge is 0.190 e. The monoisotopic (exact) mass is 312 g/mol. The SMILES string of the molecule is CN=C(NCCCCCOC)NCCc1nc(C)c(C)s1. The van der Waals surface area contributed by atoms with E-state index in [0.29, 0.717) is 0 Å². The van der Waals surface area contributed by atoms with Crippen LogP contribution in [0.1, 0.15) is 34.8 Å². The Morgan fingerprint density at radius 2 is 1.95 bits per heavy atom. The standard InChI is InChI=1S/C15H28N4OS/c1-12-13(2)21-14(19-12)8-10-18-15(16-3)17-9-6-5-7-11-20-4/h5-11H2,1-4H3,(H2,16,17,18). The molecule has 0 atom stereocenters. The van der Waals surface area contributed by atoms with Gasteiger partial charge in [-0.3, -0.25) is 4.99 Å². The summed E-state index contributed by atoms with van der Waals surface area (Å²) in [6.45, 7) is 6.83. The highest BCUT2D eigenvalue weighted by molar-refractivity contribution is 7.11. The van der Waals surface area contributed by atoms with Crippen LogP contribution in [0.15, 0.2) is 4.99 Å². The van der Waals surface area contributed by atoms with E-state index in [1.54, 1.807) is 25.5 Å². The van der Waals surface area contributed by atoms with Gasteiger partial charge in [-0.2, -0.15) is 0 Å². The Balaban J connectivity index is 2.14. The van der Waals surface area contributed by atoms with Gasteiger partial charge in [-0.25, -0.2) is 4.98 Å². The number of nitrogens with zero attached hydrogens (tertiary/aromatic N) is 2. The number of unbranched alkanes of at least 4 members (excludes halogenated alkanes) is 2. The summed E-state index contributed by atoms with van der Waals surface area (Å²) in [5.41, 5.74) is 1.15. The maximum Gasteiger partial charge on any atom is 0.190 e. The van der Waals surface area contributed by atoms with Gasteiger partial charge in [0.25, 0.3) is 0 Å². The number of rotatable bonds is 9. The second kappa shape index (κ2) is 10.6. The highest BCUT2D eigenvalue weighted by atomic mass is 32.1. The first-order chi connectivity index (χ1) is 10.2. The van der Waals surface area contributed by atoms with Crippen molar-refractivity contribution in [3.63, 3.8) is 0 Å². The summed E-state index contributed by atoms with van der Waals surface area (Å²) in [6.07, 6.45) is 4.37. The van der Waals surface area contributed by atoms with Crippen LogP contribution < -0.4 is 10.6 Å². The minimum Gasteiger partial charge on any atom is -0.385 e. The van der Waals surface area contributed by atoms with E-state index >= 15 is 0 Å². The van der Waals surface area contributed by atoms with Crippen molar-refractivity contribution in [2.75, 3.05) is 33.9 Å². The molecule has 1 aromatic heterocycles. The molecule has 21 heavy (non-hydrogen) atoms. The number of aryl methyl sites for hydroxylation is 2. The maximum absolute atomic E-state index is 5.03. The van der Waals surface area contributed by atoms with Crippen LogP contribution in [0.2, 0.25) is 0 Å². The molecule has 5 nitrogen and oxygen atoms in total. The van der Waals surface area contributed by atoms with Gasteiger partial charge in [0.1, 0.15) is 0 Å². The van der Waals surface area contributed by atoms with Gasteiger partial charge in [-0.05, 0) is 33.1 Å². The third kappa shape index (κ3) is 7.43. The van der Waals surface area contributed by atoms with Crippen molar-refractivity contribution in [2.24, 2.45) is 4.99 Å². The van der Waals surface area contributed by atoms with Crippen LogP contribution in [0.25, 0.3) is 0 Å². The molecule has 1 rings (SSSR count). The normalized spacial score (nSPS) is 11.7.